The zero-order valence-corrected chi connectivity index (χ0v) is 9.81. The van der Waals surface area contributed by atoms with E-state index in [0.29, 0.717) is 10.8 Å². The van der Waals surface area contributed by atoms with Gasteiger partial charge in [-0.05, 0) is 24.3 Å². The minimum absolute atomic E-state index is 0.221. The average Bonchev–Trinajstić information content (AvgIpc) is 2.26. The summed E-state index contributed by atoms with van der Waals surface area (Å²) < 4.78 is 0. The summed E-state index contributed by atoms with van der Waals surface area (Å²) in [6, 6.07) is 3.50. The highest BCUT2D eigenvalue weighted by atomic mass is 35.5. The minimum Gasteiger partial charge on any atom is -0.396 e. The van der Waals surface area contributed by atoms with E-state index in [4.69, 9.17) is 22.6 Å². The number of hydrazine groups is 1. The van der Waals surface area contributed by atoms with E-state index >= 15 is 0 Å². The molecule has 0 spiro atoms. The van der Waals surface area contributed by atoms with Crippen LogP contribution in [-0.4, -0.2) is 22.5 Å². The molecule has 15 heavy (non-hydrogen) atoms. The van der Waals surface area contributed by atoms with E-state index in [1.54, 1.807) is 23.9 Å². The van der Waals surface area contributed by atoms with Crippen LogP contribution in [0.3, 0.4) is 0 Å². The molecule has 84 valence electrons. The third-order valence-corrected chi connectivity index (χ3v) is 3.15. The topological polar surface area (TPSA) is 71.2 Å². The fourth-order valence-corrected chi connectivity index (χ4v) is 2.14. The molecular formula is C9H14ClN3OS. The van der Waals surface area contributed by atoms with Gasteiger partial charge in [-0.2, -0.15) is 11.8 Å². The summed E-state index contributed by atoms with van der Waals surface area (Å²) in [6.07, 6.45) is 0.789. The first-order valence-corrected chi connectivity index (χ1v) is 6.12. The highest BCUT2D eigenvalue weighted by molar-refractivity contribution is 7.98. The molecule has 0 saturated carbocycles. The molecular weight excluding hydrogens is 234 g/mol. The first-order valence-electron chi connectivity index (χ1n) is 4.58. The second-order valence-electron chi connectivity index (χ2n) is 2.90. The van der Waals surface area contributed by atoms with E-state index in [2.05, 4.69) is 10.4 Å². The normalized spacial score (nSPS) is 10.3. The number of aromatic nitrogens is 1. The van der Waals surface area contributed by atoms with Crippen molar-refractivity contribution in [3.63, 3.8) is 0 Å². The van der Waals surface area contributed by atoms with Gasteiger partial charge in [0.25, 0.3) is 0 Å². The number of aliphatic hydroxyl groups excluding tert-OH is 1. The number of anilines is 1. The van der Waals surface area contributed by atoms with Crippen LogP contribution in [0, 0.1) is 0 Å². The number of hydrogen-bond donors (Lipinski definition) is 3. The Kier molecular flexibility index (Phi) is 5.78. The second kappa shape index (κ2) is 6.90. The van der Waals surface area contributed by atoms with Gasteiger partial charge in [0.15, 0.2) is 0 Å². The zero-order chi connectivity index (χ0) is 11.1. The van der Waals surface area contributed by atoms with Crippen LogP contribution >= 0.6 is 23.4 Å². The summed E-state index contributed by atoms with van der Waals surface area (Å²) in [5, 5.41) is 9.26. The van der Waals surface area contributed by atoms with E-state index in [9.17, 15) is 0 Å². The zero-order valence-electron chi connectivity index (χ0n) is 8.24. The molecule has 0 saturated heterocycles. The lowest BCUT2D eigenvalue weighted by Gasteiger charge is -2.05. The van der Waals surface area contributed by atoms with Crippen molar-refractivity contribution >= 4 is 29.2 Å². The summed E-state index contributed by atoms with van der Waals surface area (Å²) in [7, 11) is 0. The van der Waals surface area contributed by atoms with Crippen molar-refractivity contribution in [3.05, 3.63) is 22.8 Å². The molecule has 0 aliphatic rings. The summed E-state index contributed by atoms with van der Waals surface area (Å²) in [6.45, 7) is 0.221. The maximum atomic E-state index is 8.62. The summed E-state index contributed by atoms with van der Waals surface area (Å²) in [5.74, 6) is 7.49. The molecule has 0 aromatic carbocycles. The van der Waals surface area contributed by atoms with Crippen molar-refractivity contribution in [2.45, 2.75) is 12.2 Å². The van der Waals surface area contributed by atoms with Gasteiger partial charge >= 0.3 is 0 Å². The molecule has 0 unspecified atom stereocenters. The van der Waals surface area contributed by atoms with E-state index in [1.807, 2.05) is 0 Å². The number of rotatable bonds is 6. The van der Waals surface area contributed by atoms with Gasteiger partial charge in [0.05, 0.1) is 10.7 Å². The van der Waals surface area contributed by atoms with Gasteiger partial charge in [0, 0.05) is 12.4 Å². The molecule has 6 heteroatoms. The molecule has 0 radical (unpaired) electrons. The molecule has 1 rings (SSSR count). The Labute approximate surface area is 98.2 Å². The van der Waals surface area contributed by atoms with Crippen molar-refractivity contribution < 1.29 is 5.11 Å². The van der Waals surface area contributed by atoms with Crippen molar-refractivity contribution in [2.75, 3.05) is 17.8 Å². The highest BCUT2D eigenvalue weighted by Crippen LogP contribution is 2.21. The van der Waals surface area contributed by atoms with Crippen LogP contribution in [-0.2, 0) is 5.75 Å². The van der Waals surface area contributed by atoms with Gasteiger partial charge in [0.2, 0.25) is 0 Å². The predicted octanol–water partition coefficient (Wildman–Crippen LogP) is 1.64. The number of nitrogens with two attached hydrogens (primary N) is 1. The molecule has 0 bridgehead atoms. The lowest BCUT2D eigenvalue weighted by Crippen LogP contribution is -2.09. The van der Waals surface area contributed by atoms with Gasteiger partial charge in [-0.25, -0.2) is 10.8 Å². The third kappa shape index (κ3) is 4.25. The van der Waals surface area contributed by atoms with E-state index in [1.165, 1.54) is 0 Å². The van der Waals surface area contributed by atoms with Crippen LogP contribution in [0.15, 0.2) is 12.1 Å². The van der Waals surface area contributed by atoms with Crippen LogP contribution in [0.5, 0.6) is 0 Å². The molecule has 1 heterocycles. The third-order valence-electron chi connectivity index (χ3n) is 1.75. The lowest BCUT2D eigenvalue weighted by atomic mass is 10.4. The van der Waals surface area contributed by atoms with Crippen molar-refractivity contribution in [1.29, 1.82) is 0 Å². The molecule has 0 aliphatic carbocycles. The second-order valence-corrected chi connectivity index (χ2v) is 4.41. The van der Waals surface area contributed by atoms with Crippen LogP contribution in [0.1, 0.15) is 12.1 Å². The van der Waals surface area contributed by atoms with Gasteiger partial charge in [-0.3, -0.25) is 0 Å². The number of nitrogens with zero attached hydrogens (tertiary/aromatic N) is 1. The summed E-state index contributed by atoms with van der Waals surface area (Å²) >= 11 is 7.66. The molecule has 0 amide bonds. The number of nitrogens with one attached hydrogen (secondary N) is 1. The monoisotopic (exact) mass is 247 g/mol. The summed E-state index contributed by atoms with van der Waals surface area (Å²) in [5.41, 5.74) is 3.29. The predicted molar refractivity (Wildman–Crippen MR) is 64.9 cm³/mol. The SMILES string of the molecule is NNc1ccc(Cl)c(CSCCCO)n1. The fourth-order valence-electron chi connectivity index (χ4n) is 1.00. The van der Waals surface area contributed by atoms with E-state index in [0.717, 1.165) is 23.6 Å². The summed E-state index contributed by atoms with van der Waals surface area (Å²) in [4.78, 5) is 4.24. The van der Waals surface area contributed by atoms with Gasteiger partial charge in [0.1, 0.15) is 5.82 Å². The Morgan fingerprint density at radius 2 is 2.33 bits per heavy atom. The number of hydrogen-bond acceptors (Lipinski definition) is 5. The van der Waals surface area contributed by atoms with E-state index < -0.39 is 0 Å². The molecule has 4 nitrogen and oxygen atoms in total. The van der Waals surface area contributed by atoms with Crippen LogP contribution in [0.4, 0.5) is 5.82 Å². The van der Waals surface area contributed by atoms with Crippen molar-refractivity contribution in [3.8, 4) is 0 Å². The van der Waals surface area contributed by atoms with Crippen LogP contribution in [0.25, 0.3) is 0 Å². The quantitative estimate of drug-likeness (QED) is 0.405. The fraction of sp³-hybridized carbons (Fsp3) is 0.444. The molecule has 1 aromatic heterocycles. The van der Waals surface area contributed by atoms with E-state index in [-0.39, 0.29) is 6.61 Å². The minimum atomic E-state index is 0.221. The number of halogens is 1. The number of nitrogen functional groups attached to an aromatic ring is 1. The lowest BCUT2D eigenvalue weighted by molar-refractivity contribution is 0.296. The maximum Gasteiger partial charge on any atom is 0.140 e. The smallest absolute Gasteiger partial charge is 0.140 e. The number of aliphatic hydroxyl groups is 1. The van der Waals surface area contributed by atoms with Gasteiger partial charge < -0.3 is 10.5 Å². The average molecular weight is 248 g/mol. The molecule has 0 atom stereocenters. The largest absolute Gasteiger partial charge is 0.396 e. The maximum absolute atomic E-state index is 8.62. The number of pyridine rings is 1. The highest BCUT2D eigenvalue weighted by Gasteiger charge is 2.03. The van der Waals surface area contributed by atoms with Gasteiger partial charge in [-0.15, -0.1) is 0 Å². The molecule has 1 aromatic rings. The Balaban J connectivity index is 2.51. The number of thioether (sulfide) groups is 1. The standard InChI is InChI=1S/C9H14ClN3OS/c10-7-2-3-9(13-11)12-8(7)6-15-5-1-4-14/h2-3,14H,1,4-6,11H2,(H,12,13). The first kappa shape index (κ1) is 12.6. The molecule has 0 fully saturated rings. The molecule has 4 N–H and O–H groups in total. The van der Waals surface area contributed by atoms with Gasteiger partial charge in [-0.1, -0.05) is 11.6 Å². The Morgan fingerprint density at radius 1 is 1.53 bits per heavy atom. The van der Waals surface area contributed by atoms with Crippen molar-refractivity contribution in [1.82, 2.24) is 4.98 Å². The van der Waals surface area contributed by atoms with Crippen LogP contribution in [0.2, 0.25) is 5.02 Å². The Morgan fingerprint density at radius 3 is 3.00 bits per heavy atom. The van der Waals surface area contributed by atoms with Crippen molar-refractivity contribution in [2.24, 2.45) is 5.84 Å². The Hall–Kier alpha value is -0.490. The Bertz CT molecular complexity index is 311. The van der Waals surface area contributed by atoms with Crippen LogP contribution < -0.4 is 11.3 Å². The first-order chi connectivity index (χ1) is 7.27. The molecule has 0 aliphatic heterocycles.